The summed E-state index contributed by atoms with van der Waals surface area (Å²) in [4.78, 5) is 4.53. The fourth-order valence-corrected chi connectivity index (χ4v) is 2.50. The highest BCUT2D eigenvalue weighted by molar-refractivity contribution is 9.10. The number of methoxy groups -OCH3 is 1. The Morgan fingerprint density at radius 2 is 2.14 bits per heavy atom. The molecule has 2 rings (SSSR count). The second-order valence-electron chi connectivity index (χ2n) is 4.70. The van der Waals surface area contributed by atoms with Crippen molar-refractivity contribution in [3.05, 3.63) is 40.4 Å². The van der Waals surface area contributed by atoms with Crippen molar-refractivity contribution in [3.63, 3.8) is 0 Å². The predicted molar refractivity (Wildman–Crippen MR) is 86.5 cm³/mol. The first kappa shape index (κ1) is 16.0. The average Bonchev–Trinajstić information content (AvgIpc) is 2.92. The Balaban J connectivity index is 2.44. The minimum absolute atomic E-state index is 0.0320. The summed E-state index contributed by atoms with van der Waals surface area (Å²) in [5.41, 5.74) is 1.98. The van der Waals surface area contributed by atoms with E-state index in [9.17, 15) is 0 Å². The van der Waals surface area contributed by atoms with Crippen molar-refractivity contribution in [1.82, 2.24) is 20.1 Å². The van der Waals surface area contributed by atoms with Crippen LogP contribution in [0.15, 0.2) is 29.0 Å². The molecular formula is C15H21BrN4O. The van der Waals surface area contributed by atoms with Crippen molar-refractivity contribution in [1.29, 1.82) is 0 Å². The topological polar surface area (TPSA) is 52.0 Å². The van der Waals surface area contributed by atoms with Gasteiger partial charge in [-0.1, -0.05) is 6.92 Å². The summed E-state index contributed by atoms with van der Waals surface area (Å²) in [6.07, 6.45) is 4.63. The SMILES string of the molecule is CCCNC(c1ccc(Br)cn1)c1c(OC)cnn1CC. The first-order valence-electron chi connectivity index (χ1n) is 7.15. The zero-order valence-electron chi connectivity index (χ0n) is 12.6. The monoisotopic (exact) mass is 352 g/mol. The molecule has 0 saturated heterocycles. The lowest BCUT2D eigenvalue weighted by Crippen LogP contribution is -2.27. The van der Waals surface area contributed by atoms with E-state index >= 15 is 0 Å². The number of aryl methyl sites for hydroxylation is 1. The molecule has 0 aromatic carbocycles. The first-order chi connectivity index (χ1) is 10.2. The van der Waals surface area contributed by atoms with E-state index in [0.717, 1.165) is 41.1 Å². The van der Waals surface area contributed by atoms with Gasteiger partial charge in [0.2, 0.25) is 0 Å². The molecule has 1 N–H and O–H groups in total. The van der Waals surface area contributed by atoms with Gasteiger partial charge in [-0.05, 0) is 48.0 Å². The van der Waals surface area contributed by atoms with Crippen molar-refractivity contribution >= 4 is 15.9 Å². The van der Waals surface area contributed by atoms with Gasteiger partial charge in [0.25, 0.3) is 0 Å². The zero-order chi connectivity index (χ0) is 15.2. The number of halogens is 1. The Morgan fingerprint density at radius 1 is 1.33 bits per heavy atom. The van der Waals surface area contributed by atoms with E-state index in [2.05, 4.69) is 45.2 Å². The summed E-state index contributed by atoms with van der Waals surface area (Å²) < 4.78 is 8.40. The standard InChI is InChI=1S/C15H21BrN4O/c1-4-8-17-14(12-7-6-11(16)9-18-12)15-13(21-3)10-19-20(15)5-2/h6-7,9-10,14,17H,4-5,8H2,1-3H3. The molecule has 5 nitrogen and oxygen atoms in total. The van der Waals surface area contributed by atoms with Gasteiger partial charge in [0.05, 0.1) is 25.0 Å². The number of rotatable bonds is 7. The minimum atomic E-state index is -0.0320. The molecule has 0 aliphatic heterocycles. The van der Waals surface area contributed by atoms with Gasteiger partial charge in [0.1, 0.15) is 5.69 Å². The van der Waals surface area contributed by atoms with Crippen LogP contribution in [-0.4, -0.2) is 28.4 Å². The van der Waals surface area contributed by atoms with Crippen LogP contribution in [0.4, 0.5) is 0 Å². The van der Waals surface area contributed by atoms with Gasteiger partial charge in [0, 0.05) is 17.2 Å². The second kappa shape index (κ2) is 7.56. The Bertz CT molecular complexity index is 546. The van der Waals surface area contributed by atoms with Gasteiger partial charge in [0.15, 0.2) is 5.75 Å². The summed E-state index contributed by atoms with van der Waals surface area (Å²) in [6, 6.07) is 3.99. The summed E-state index contributed by atoms with van der Waals surface area (Å²) in [6.45, 7) is 5.91. The maximum Gasteiger partial charge on any atom is 0.161 e. The normalized spacial score (nSPS) is 12.4. The smallest absolute Gasteiger partial charge is 0.161 e. The van der Waals surface area contributed by atoms with E-state index in [-0.39, 0.29) is 6.04 Å². The highest BCUT2D eigenvalue weighted by Gasteiger charge is 2.23. The average molecular weight is 353 g/mol. The van der Waals surface area contributed by atoms with Gasteiger partial charge in [-0.3, -0.25) is 9.67 Å². The minimum Gasteiger partial charge on any atom is -0.493 e. The number of nitrogens with zero attached hydrogens (tertiary/aromatic N) is 3. The van der Waals surface area contributed by atoms with Gasteiger partial charge in [-0.25, -0.2) is 0 Å². The Hall–Kier alpha value is -1.40. The third-order valence-electron chi connectivity index (χ3n) is 3.28. The van der Waals surface area contributed by atoms with Gasteiger partial charge in [-0.15, -0.1) is 0 Å². The molecule has 0 saturated carbocycles. The van der Waals surface area contributed by atoms with Crippen LogP contribution in [0.25, 0.3) is 0 Å². The quantitative estimate of drug-likeness (QED) is 0.831. The maximum absolute atomic E-state index is 5.47. The van der Waals surface area contributed by atoms with Gasteiger partial charge in [-0.2, -0.15) is 5.10 Å². The van der Waals surface area contributed by atoms with Crippen molar-refractivity contribution in [2.24, 2.45) is 0 Å². The molecule has 0 bridgehead atoms. The molecule has 0 amide bonds. The van der Waals surface area contributed by atoms with Crippen molar-refractivity contribution in [3.8, 4) is 5.75 Å². The van der Waals surface area contributed by atoms with Crippen LogP contribution in [0.2, 0.25) is 0 Å². The van der Waals surface area contributed by atoms with E-state index in [4.69, 9.17) is 4.74 Å². The molecule has 0 aliphatic rings. The number of hydrogen-bond acceptors (Lipinski definition) is 4. The number of hydrogen-bond donors (Lipinski definition) is 1. The lowest BCUT2D eigenvalue weighted by molar-refractivity contribution is 0.398. The second-order valence-corrected chi connectivity index (χ2v) is 5.62. The van der Waals surface area contributed by atoms with Gasteiger partial charge >= 0.3 is 0 Å². The Labute approximate surface area is 133 Å². The van der Waals surface area contributed by atoms with Crippen LogP contribution in [0.3, 0.4) is 0 Å². The van der Waals surface area contributed by atoms with Crippen LogP contribution in [-0.2, 0) is 6.54 Å². The van der Waals surface area contributed by atoms with E-state index < -0.39 is 0 Å². The highest BCUT2D eigenvalue weighted by Crippen LogP contribution is 2.29. The molecule has 6 heteroatoms. The molecule has 114 valence electrons. The molecule has 21 heavy (non-hydrogen) atoms. The number of ether oxygens (including phenoxy) is 1. The molecule has 1 unspecified atom stereocenters. The molecule has 1 atom stereocenters. The van der Waals surface area contributed by atoms with Crippen LogP contribution in [0.1, 0.15) is 37.7 Å². The fourth-order valence-electron chi connectivity index (χ4n) is 2.27. The van der Waals surface area contributed by atoms with Gasteiger partial charge < -0.3 is 10.1 Å². The number of nitrogens with one attached hydrogen (secondary N) is 1. The van der Waals surface area contributed by atoms with E-state index in [1.54, 1.807) is 13.3 Å². The molecular weight excluding hydrogens is 332 g/mol. The maximum atomic E-state index is 5.47. The zero-order valence-corrected chi connectivity index (χ0v) is 14.2. The van der Waals surface area contributed by atoms with Crippen LogP contribution in [0.5, 0.6) is 5.75 Å². The van der Waals surface area contributed by atoms with Crippen LogP contribution >= 0.6 is 15.9 Å². The molecule has 0 fully saturated rings. The number of aromatic nitrogens is 3. The first-order valence-corrected chi connectivity index (χ1v) is 7.95. The van der Waals surface area contributed by atoms with Crippen molar-refractivity contribution in [2.45, 2.75) is 32.9 Å². The molecule has 2 heterocycles. The number of pyridine rings is 1. The summed E-state index contributed by atoms with van der Waals surface area (Å²) in [5, 5.41) is 7.93. The predicted octanol–water partition coefficient (Wildman–Crippen LogP) is 3.16. The van der Waals surface area contributed by atoms with E-state index in [0.29, 0.717) is 0 Å². The van der Waals surface area contributed by atoms with Crippen LogP contribution in [0, 0.1) is 0 Å². The highest BCUT2D eigenvalue weighted by atomic mass is 79.9. The summed E-state index contributed by atoms with van der Waals surface area (Å²) in [5.74, 6) is 0.787. The molecule has 0 aliphatic carbocycles. The summed E-state index contributed by atoms with van der Waals surface area (Å²) in [7, 11) is 1.67. The van der Waals surface area contributed by atoms with Crippen molar-refractivity contribution in [2.75, 3.05) is 13.7 Å². The molecule has 2 aromatic rings. The largest absolute Gasteiger partial charge is 0.493 e. The lowest BCUT2D eigenvalue weighted by Gasteiger charge is -2.20. The Kier molecular flexibility index (Phi) is 5.76. The van der Waals surface area contributed by atoms with E-state index in [1.165, 1.54) is 0 Å². The fraction of sp³-hybridized carbons (Fsp3) is 0.467. The third kappa shape index (κ3) is 3.63. The van der Waals surface area contributed by atoms with Crippen LogP contribution < -0.4 is 10.1 Å². The molecule has 2 aromatic heterocycles. The Morgan fingerprint density at radius 3 is 2.71 bits per heavy atom. The van der Waals surface area contributed by atoms with E-state index in [1.807, 2.05) is 23.0 Å². The van der Waals surface area contributed by atoms with Crippen molar-refractivity contribution < 1.29 is 4.74 Å². The summed E-state index contributed by atoms with van der Waals surface area (Å²) >= 11 is 3.43. The lowest BCUT2D eigenvalue weighted by atomic mass is 10.1. The molecule has 0 spiro atoms. The molecule has 0 radical (unpaired) electrons. The third-order valence-corrected chi connectivity index (χ3v) is 3.75.